The molecule has 0 bridgehead atoms. The van der Waals surface area contributed by atoms with E-state index in [0.29, 0.717) is 12.2 Å². The van der Waals surface area contributed by atoms with E-state index in [9.17, 15) is 4.79 Å². The lowest BCUT2D eigenvalue weighted by molar-refractivity contribution is -0.139. The summed E-state index contributed by atoms with van der Waals surface area (Å²) in [4.78, 5) is 11.9. The highest BCUT2D eigenvalue weighted by molar-refractivity contribution is 5.87. The highest BCUT2D eigenvalue weighted by Crippen LogP contribution is 2.14. The molecule has 0 heterocycles. The number of hydrogen-bond acceptors (Lipinski definition) is 2. The van der Waals surface area contributed by atoms with Crippen molar-refractivity contribution < 1.29 is 9.53 Å². The average Bonchev–Trinajstić information content (AvgIpc) is 2.67. The predicted molar refractivity (Wildman–Crippen MR) is 119 cm³/mol. The lowest BCUT2D eigenvalue weighted by atomic mass is 10.0. The number of carbonyl (C=O) groups is 1. The fourth-order valence-electron chi connectivity index (χ4n) is 3.43. The fraction of sp³-hybridized carbons (Fsp3) is 0.880. The molecule has 0 saturated heterocycles. The first-order chi connectivity index (χ1) is 13.2. The van der Waals surface area contributed by atoms with Gasteiger partial charge in [0.15, 0.2) is 0 Å². The summed E-state index contributed by atoms with van der Waals surface area (Å²) in [7, 11) is 0. The van der Waals surface area contributed by atoms with Crippen LogP contribution in [0, 0.1) is 0 Å². The summed E-state index contributed by atoms with van der Waals surface area (Å²) in [6, 6.07) is 0. The van der Waals surface area contributed by atoms with E-state index < -0.39 is 0 Å². The van der Waals surface area contributed by atoms with Crippen molar-refractivity contribution in [2.24, 2.45) is 0 Å². The Morgan fingerprint density at radius 2 is 0.963 bits per heavy atom. The van der Waals surface area contributed by atoms with Crippen molar-refractivity contribution in [3.8, 4) is 0 Å². The molecule has 0 rings (SSSR count). The second kappa shape index (κ2) is 21.5. The van der Waals surface area contributed by atoms with Crippen molar-refractivity contribution in [2.45, 2.75) is 136 Å². The van der Waals surface area contributed by atoms with E-state index in [4.69, 9.17) is 4.74 Å². The van der Waals surface area contributed by atoms with Crippen LogP contribution in [0.5, 0.6) is 0 Å². The highest BCUT2D eigenvalue weighted by Gasteiger charge is 2.07. The van der Waals surface area contributed by atoms with Crippen LogP contribution in [0.2, 0.25) is 0 Å². The van der Waals surface area contributed by atoms with Crippen LogP contribution in [0.15, 0.2) is 12.2 Å². The largest absolute Gasteiger partial charge is 0.462 e. The van der Waals surface area contributed by atoms with E-state index in [1.54, 1.807) is 0 Å². The molecule has 0 N–H and O–H groups in total. The topological polar surface area (TPSA) is 26.3 Å². The zero-order valence-electron chi connectivity index (χ0n) is 18.7. The summed E-state index contributed by atoms with van der Waals surface area (Å²) in [6.07, 6.45) is 24.1. The quantitative estimate of drug-likeness (QED) is 0.113. The molecular weight excluding hydrogens is 332 g/mol. The maximum absolute atomic E-state index is 11.9. The first kappa shape index (κ1) is 26.2. The summed E-state index contributed by atoms with van der Waals surface area (Å²) in [5.74, 6) is -0.172. The van der Waals surface area contributed by atoms with Crippen LogP contribution in [-0.4, -0.2) is 12.6 Å². The van der Waals surface area contributed by atoms with Gasteiger partial charge in [-0.1, -0.05) is 123 Å². The molecule has 0 amide bonds. The molecule has 0 aromatic rings. The Balaban J connectivity index is 3.33. The Labute approximate surface area is 170 Å². The molecule has 0 saturated carbocycles. The number of carbonyl (C=O) groups excluding carboxylic acids is 1. The molecule has 2 nitrogen and oxygen atoms in total. The Morgan fingerprint density at radius 1 is 0.593 bits per heavy atom. The van der Waals surface area contributed by atoms with Gasteiger partial charge in [-0.2, -0.15) is 0 Å². The summed E-state index contributed by atoms with van der Waals surface area (Å²) in [6.45, 7) is 8.99. The van der Waals surface area contributed by atoms with Crippen molar-refractivity contribution in [1.29, 1.82) is 0 Å². The number of esters is 1. The second-order valence-corrected chi connectivity index (χ2v) is 8.15. The van der Waals surface area contributed by atoms with Crippen molar-refractivity contribution in [3.63, 3.8) is 0 Å². The molecule has 0 aliphatic rings. The van der Waals surface area contributed by atoms with E-state index in [-0.39, 0.29) is 5.97 Å². The summed E-state index contributed by atoms with van der Waals surface area (Å²) >= 11 is 0. The molecule has 0 aromatic carbocycles. The molecule has 0 atom stereocenters. The van der Waals surface area contributed by atoms with Crippen LogP contribution < -0.4 is 0 Å². The van der Waals surface area contributed by atoms with Crippen LogP contribution in [0.25, 0.3) is 0 Å². The molecule has 0 fully saturated rings. The molecule has 0 unspecified atom stereocenters. The number of hydrogen-bond donors (Lipinski definition) is 0. The van der Waals surface area contributed by atoms with Crippen molar-refractivity contribution in [1.82, 2.24) is 0 Å². The van der Waals surface area contributed by atoms with Crippen LogP contribution in [0.3, 0.4) is 0 Å². The zero-order valence-corrected chi connectivity index (χ0v) is 18.7. The normalized spacial score (nSPS) is 10.9. The minimum atomic E-state index is -0.172. The Bertz CT molecular complexity index is 335. The molecule has 0 aliphatic carbocycles. The van der Waals surface area contributed by atoms with Gasteiger partial charge in [0.25, 0.3) is 0 Å². The summed E-state index contributed by atoms with van der Waals surface area (Å²) < 4.78 is 5.35. The van der Waals surface area contributed by atoms with E-state index in [1.807, 2.05) is 0 Å². The van der Waals surface area contributed by atoms with Gasteiger partial charge >= 0.3 is 5.97 Å². The summed E-state index contributed by atoms with van der Waals surface area (Å²) in [5, 5.41) is 0. The highest BCUT2D eigenvalue weighted by atomic mass is 16.5. The van der Waals surface area contributed by atoms with Gasteiger partial charge in [-0.05, 0) is 19.3 Å². The molecule has 0 spiro atoms. The minimum absolute atomic E-state index is 0.172. The third-order valence-electron chi connectivity index (χ3n) is 5.35. The monoisotopic (exact) mass is 380 g/mol. The van der Waals surface area contributed by atoms with Crippen molar-refractivity contribution in [2.75, 3.05) is 6.61 Å². The number of unbranched alkanes of at least 4 members (excludes halogenated alkanes) is 16. The van der Waals surface area contributed by atoms with Crippen LogP contribution in [0.4, 0.5) is 0 Å². The van der Waals surface area contributed by atoms with E-state index >= 15 is 0 Å². The van der Waals surface area contributed by atoms with Crippen molar-refractivity contribution in [3.05, 3.63) is 12.2 Å². The standard InChI is InChI=1S/C25H48O2/c1-4-6-8-10-12-14-15-16-18-20-22-24(3)25(26)27-23-21-19-17-13-11-9-7-5-2/h3-23H2,1-2H3. The second-order valence-electron chi connectivity index (χ2n) is 8.15. The first-order valence-electron chi connectivity index (χ1n) is 12.1. The van der Waals surface area contributed by atoms with Gasteiger partial charge in [-0.3, -0.25) is 0 Å². The Morgan fingerprint density at radius 3 is 1.41 bits per heavy atom. The van der Waals surface area contributed by atoms with Crippen LogP contribution in [-0.2, 0) is 9.53 Å². The molecule has 0 aliphatic heterocycles. The van der Waals surface area contributed by atoms with Gasteiger partial charge in [0, 0.05) is 5.57 Å². The summed E-state index contributed by atoms with van der Waals surface area (Å²) in [5.41, 5.74) is 0.661. The third-order valence-corrected chi connectivity index (χ3v) is 5.35. The molecule has 160 valence electrons. The van der Waals surface area contributed by atoms with Crippen LogP contribution in [0.1, 0.15) is 136 Å². The Hall–Kier alpha value is -0.790. The SMILES string of the molecule is C=C(CCCCCCCCCCCC)C(=O)OCCCCCCCCCC. The van der Waals surface area contributed by atoms with Gasteiger partial charge in [0.05, 0.1) is 6.61 Å². The number of ether oxygens (including phenoxy) is 1. The fourth-order valence-corrected chi connectivity index (χ4v) is 3.43. The van der Waals surface area contributed by atoms with Crippen molar-refractivity contribution >= 4 is 5.97 Å². The lowest BCUT2D eigenvalue weighted by Gasteiger charge is -2.07. The molecule has 0 aromatic heterocycles. The zero-order chi connectivity index (χ0) is 20.0. The van der Waals surface area contributed by atoms with Crippen LogP contribution >= 0.6 is 0 Å². The van der Waals surface area contributed by atoms with E-state index in [0.717, 1.165) is 19.3 Å². The van der Waals surface area contributed by atoms with Gasteiger partial charge in [-0.25, -0.2) is 4.79 Å². The molecular formula is C25H48O2. The average molecular weight is 381 g/mol. The number of rotatable bonds is 21. The third kappa shape index (κ3) is 19.8. The smallest absolute Gasteiger partial charge is 0.333 e. The van der Waals surface area contributed by atoms with Gasteiger partial charge in [-0.15, -0.1) is 0 Å². The van der Waals surface area contributed by atoms with Gasteiger partial charge in [0.1, 0.15) is 0 Å². The maximum atomic E-state index is 11.9. The molecule has 0 radical (unpaired) electrons. The predicted octanol–water partition coefficient (Wildman–Crippen LogP) is 8.54. The molecule has 2 heteroatoms. The lowest BCUT2D eigenvalue weighted by Crippen LogP contribution is -2.08. The first-order valence-corrected chi connectivity index (χ1v) is 12.1. The Kier molecular flexibility index (Phi) is 20.9. The maximum Gasteiger partial charge on any atom is 0.333 e. The minimum Gasteiger partial charge on any atom is -0.462 e. The van der Waals surface area contributed by atoms with E-state index in [2.05, 4.69) is 20.4 Å². The van der Waals surface area contributed by atoms with Gasteiger partial charge < -0.3 is 4.74 Å². The van der Waals surface area contributed by atoms with Gasteiger partial charge in [0.2, 0.25) is 0 Å². The van der Waals surface area contributed by atoms with E-state index in [1.165, 1.54) is 103 Å². The molecule has 27 heavy (non-hydrogen) atoms.